The third-order valence-electron chi connectivity index (χ3n) is 4.33. The number of hydrogen-bond donors (Lipinski definition) is 1. The predicted molar refractivity (Wildman–Crippen MR) is 126 cm³/mol. The average Bonchev–Trinajstić information content (AvgIpc) is 2.65. The Balaban J connectivity index is 2.04. The Morgan fingerprint density at radius 1 is 1.00 bits per heavy atom. The fourth-order valence-electron chi connectivity index (χ4n) is 2.72. The molecule has 0 fully saturated rings. The molecule has 0 saturated heterocycles. The molecule has 0 aliphatic carbocycles. The van der Waals surface area contributed by atoms with Crippen molar-refractivity contribution < 1.29 is 21.6 Å². The Labute approximate surface area is 192 Å². The Morgan fingerprint density at radius 3 is 2.29 bits per heavy atom. The van der Waals surface area contributed by atoms with E-state index in [2.05, 4.69) is 5.32 Å². The SMILES string of the molecule is CN(c1cccc(NC(=O)CCCN(c2cc(Cl)ccc2Cl)S(C)(=O)=O)c1)S(C)(=O)=O. The highest BCUT2D eigenvalue weighted by Gasteiger charge is 2.20. The van der Waals surface area contributed by atoms with Crippen molar-refractivity contribution in [3.05, 3.63) is 52.5 Å². The van der Waals surface area contributed by atoms with Crippen molar-refractivity contribution in [2.75, 3.05) is 40.0 Å². The number of carbonyl (C=O) groups excluding carboxylic acids is 1. The molecule has 0 aliphatic heterocycles. The number of amides is 1. The maximum Gasteiger partial charge on any atom is 0.232 e. The molecule has 0 heterocycles. The van der Waals surface area contributed by atoms with Crippen LogP contribution in [0.25, 0.3) is 0 Å². The molecule has 31 heavy (non-hydrogen) atoms. The minimum atomic E-state index is -3.65. The zero-order valence-corrected chi connectivity index (χ0v) is 20.3. The zero-order chi connectivity index (χ0) is 23.4. The van der Waals surface area contributed by atoms with Crippen molar-refractivity contribution in [3.8, 4) is 0 Å². The molecular weight excluding hydrogens is 485 g/mol. The lowest BCUT2D eigenvalue weighted by molar-refractivity contribution is -0.116. The van der Waals surface area contributed by atoms with E-state index in [0.29, 0.717) is 16.4 Å². The molecule has 1 N–H and O–H groups in total. The highest BCUT2D eigenvalue weighted by Crippen LogP contribution is 2.31. The maximum atomic E-state index is 12.3. The lowest BCUT2D eigenvalue weighted by Crippen LogP contribution is -2.31. The van der Waals surface area contributed by atoms with Gasteiger partial charge in [0.05, 0.1) is 28.9 Å². The fourth-order valence-corrected chi connectivity index (χ4v) is 4.62. The van der Waals surface area contributed by atoms with Crippen LogP contribution in [0.2, 0.25) is 10.0 Å². The summed E-state index contributed by atoms with van der Waals surface area (Å²) < 4.78 is 50.0. The first-order valence-electron chi connectivity index (χ1n) is 9.05. The molecule has 2 aromatic carbocycles. The van der Waals surface area contributed by atoms with Gasteiger partial charge in [-0.05, 0) is 42.8 Å². The van der Waals surface area contributed by atoms with E-state index in [4.69, 9.17) is 23.2 Å². The molecule has 12 heteroatoms. The average molecular weight is 508 g/mol. The summed E-state index contributed by atoms with van der Waals surface area (Å²) in [7, 11) is -5.67. The first kappa shape index (κ1) is 25.3. The van der Waals surface area contributed by atoms with Crippen LogP contribution in [0.4, 0.5) is 17.1 Å². The lowest BCUT2D eigenvalue weighted by Gasteiger charge is -2.23. The summed E-state index contributed by atoms with van der Waals surface area (Å²) >= 11 is 12.1. The molecule has 0 unspecified atom stereocenters. The summed E-state index contributed by atoms with van der Waals surface area (Å²) in [6.45, 7) is 0.0309. The molecule has 0 saturated carbocycles. The van der Waals surface area contributed by atoms with Gasteiger partial charge in [-0.25, -0.2) is 16.8 Å². The highest BCUT2D eigenvalue weighted by molar-refractivity contribution is 7.92. The molecule has 8 nitrogen and oxygen atoms in total. The first-order valence-corrected chi connectivity index (χ1v) is 13.5. The minimum absolute atomic E-state index is 0.0309. The summed E-state index contributed by atoms with van der Waals surface area (Å²) in [5, 5.41) is 3.25. The summed E-state index contributed by atoms with van der Waals surface area (Å²) in [6.07, 6.45) is 2.40. The van der Waals surface area contributed by atoms with Gasteiger partial charge in [0.1, 0.15) is 0 Å². The van der Waals surface area contributed by atoms with Crippen LogP contribution in [0.3, 0.4) is 0 Å². The van der Waals surface area contributed by atoms with Crippen molar-refractivity contribution in [3.63, 3.8) is 0 Å². The van der Waals surface area contributed by atoms with E-state index in [1.807, 2.05) is 0 Å². The van der Waals surface area contributed by atoms with E-state index >= 15 is 0 Å². The van der Waals surface area contributed by atoms with E-state index in [1.165, 1.54) is 25.2 Å². The molecule has 0 aromatic heterocycles. The first-order chi connectivity index (χ1) is 14.3. The summed E-state index contributed by atoms with van der Waals surface area (Å²) in [5.41, 5.74) is 1.07. The normalized spacial score (nSPS) is 11.8. The largest absolute Gasteiger partial charge is 0.326 e. The van der Waals surface area contributed by atoms with Crippen LogP contribution >= 0.6 is 23.2 Å². The predicted octanol–water partition coefficient (Wildman–Crippen LogP) is 3.57. The van der Waals surface area contributed by atoms with Gasteiger partial charge in [-0.1, -0.05) is 29.3 Å². The highest BCUT2D eigenvalue weighted by atomic mass is 35.5. The van der Waals surface area contributed by atoms with E-state index in [-0.39, 0.29) is 36.0 Å². The Kier molecular flexibility index (Phi) is 8.21. The van der Waals surface area contributed by atoms with Crippen molar-refractivity contribution >= 4 is 66.2 Å². The third kappa shape index (κ3) is 7.27. The number of sulfonamides is 2. The summed E-state index contributed by atoms with van der Waals surface area (Å²) in [6, 6.07) is 10.9. The molecule has 1 amide bonds. The van der Waals surface area contributed by atoms with Crippen LogP contribution in [0, 0.1) is 0 Å². The molecule has 0 aliphatic rings. The van der Waals surface area contributed by atoms with Crippen molar-refractivity contribution in [1.82, 2.24) is 0 Å². The lowest BCUT2D eigenvalue weighted by atomic mass is 10.2. The second-order valence-corrected chi connectivity index (χ2v) is 11.6. The molecule has 2 rings (SSSR count). The smallest absolute Gasteiger partial charge is 0.232 e. The number of carbonyl (C=O) groups is 1. The number of nitrogens with one attached hydrogen (secondary N) is 1. The zero-order valence-electron chi connectivity index (χ0n) is 17.2. The van der Waals surface area contributed by atoms with Crippen molar-refractivity contribution in [2.45, 2.75) is 12.8 Å². The van der Waals surface area contributed by atoms with Crippen LogP contribution in [-0.4, -0.2) is 48.8 Å². The molecule has 0 radical (unpaired) electrons. The third-order valence-corrected chi connectivity index (χ3v) is 7.27. The standard InChI is InChI=1S/C19H23Cl2N3O5S2/c1-23(30(2,26)27)16-7-4-6-15(13-16)22-19(25)8-5-11-24(31(3,28)29)18-12-14(20)9-10-17(18)21/h4,6-7,9-10,12-13H,5,8,11H2,1-3H3,(H,22,25). The number of halogens is 2. The number of nitrogens with zero attached hydrogens (tertiary/aromatic N) is 2. The second kappa shape index (κ2) is 10.1. The number of benzene rings is 2. The minimum Gasteiger partial charge on any atom is -0.326 e. The van der Waals surface area contributed by atoms with Gasteiger partial charge in [-0.3, -0.25) is 13.4 Å². The fraction of sp³-hybridized carbons (Fsp3) is 0.316. The Morgan fingerprint density at radius 2 is 1.68 bits per heavy atom. The van der Waals surface area contributed by atoms with E-state index in [1.54, 1.807) is 24.3 Å². The van der Waals surface area contributed by atoms with Crippen LogP contribution < -0.4 is 13.9 Å². The second-order valence-electron chi connectivity index (χ2n) is 6.86. The molecule has 0 atom stereocenters. The van der Waals surface area contributed by atoms with Gasteiger partial charge in [0.15, 0.2) is 0 Å². The number of hydrogen-bond acceptors (Lipinski definition) is 5. The molecule has 170 valence electrons. The van der Waals surface area contributed by atoms with Crippen LogP contribution in [-0.2, 0) is 24.8 Å². The van der Waals surface area contributed by atoms with Gasteiger partial charge >= 0.3 is 0 Å². The summed E-state index contributed by atoms with van der Waals surface area (Å²) in [4.78, 5) is 12.3. The van der Waals surface area contributed by atoms with Crippen molar-refractivity contribution in [1.29, 1.82) is 0 Å². The van der Waals surface area contributed by atoms with Crippen molar-refractivity contribution in [2.24, 2.45) is 0 Å². The quantitative estimate of drug-likeness (QED) is 0.558. The van der Waals surface area contributed by atoms with E-state index < -0.39 is 20.0 Å². The van der Waals surface area contributed by atoms with Crippen LogP contribution in [0.1, 0.15) is 12.8 Å². The van der Waals surface area contributed by atoms with Gasteiger partial charge in [-0.2, -0.15) is 0 Å². The van der Waals surface area contributed by atoms with Gasteiger partial charge < -0.3 is 5.32 Å². The van der Waals surface area contributed by atoms with Gasteiger partial charge in [0, 0.05) is 30.7 Å². The molecular formula is C19H23Cl2N3O5S2. The molecule has 0 spiro atoms. The Hall–Kier alpha value is -2.01. The topological polar surface area (TPSA) is 104 Å². The summed E-state index contributed by atoms with van der Waals surface area (Å²) in [5.74, 6) is -0.343. The molecule has 2 aromatic rings. The van der Waals surface area contributed by atoms with Crippen LogP contribution in [0.15, 0.2) is 42.5 Å². The van der Waals surface area contributed by atoms with E-state index in [9.17, 15) is 21.6 Å². The van der Waals surface area contributed by atoms with Gasteiger partial charge in [-0.15, -0.1) is 0 Å². The van der Waals surface area contributed by atoms with Gasteiger partial charge in [0.25, 0.3) is 0 Å². The van der Waals surface area contributed by atoms with Crippen LogP contribution in [0.5, 0.6) is 0 Å². The van der Waals surface area contributed by atoms with E-state index in [0.717, 1.165) is 21.1 Å². The molecule has 0 bridgehead atoms. The van der Waals surface area contributed by atoms with Gasteiger partial charge in [0.2, 0.25) is 26.0 Å². The number of anilines is 3. The monoisotopic (exact) mass is 507 g/mol. The Bertz CT molecular complexity index is 1170. The maximum absolute atomic E-state index is 12.3. The number of rotatable bonds is 9.